The Bertz CT molecular complexity index is 857. The first-order valence-electron chi connectivity index (χ1n) is 8.46. The summed E-state index contributed by atoms with van der Waals surface area (Å²) in [6, 6.07) is 12.3. The molecule has 1 atom stereocenters. The summed E-state index contributed by atoms with van der Waals surface area (Å²) in [6.45, 7) is 3.04. The second kappa shape index (κ2) is 6.54. The summed E-state index contributed by atoms with van der Waals surface area (Å²) in [5.41, 5.74) is 3.35. The molecule has 0 radical (unpaired) electrons. The minimum absolute atomic E-state index is 0.453. The van der Waals surface area contributed by atoms with Crippen LogP contribution < -0.4 is 0 Å². The van der Waals surface area contributed by atoms with Gasteiger partial charge in [-0.3, -0.25) is 9.58 Å². The molecule has 0 N–H and O–H groups in total. The number of hydrogen-bond acceptors (Lipinski definition) is 3. The molecular weight excluding hydrogens is 320 g/mol. The average Bonchev–Trinajstić information content (AvgIpc) is 2.95. The van der Waals surface area contributed by atoms with Crippen molar-refractivity contribution in [2.45, 2.75) is 25.3 Å². The van der Waals surface area contributed by atoms with E-state index in [-0.39, 0.29) is 0 Å². The third-order valence-electron chi connectivity index (χ3n) is 4.87. The van der Waals surface area contributed by atoms with Crippen LogP contribution in [0.2, 0.25) is 5.02 Å². The lowest BCUT2D eigenvalue weighted by Crippen LogP contribution is -2.34. The Morgan fingerprint density at radius 1 is 1.21 bits per heavy atom. The van der Waals surface area contributed by atoms with Gasteiger partial charge in [0.05, 0.1) is 5.69 Å². The van der Waals surface area contributed by atoms with Gasteiger partial charge in [0.1, 0.15) is 0 Å². The van der Waals surface area contributed by atoms with E-state index in [4.69, 9.17) is 16.7 Å². The molecule has 0 bridgehead atoms. The monoisotopic (exact) mass is 340 g/mol. The van der Waals surface area contributed by atoms with Gasteiger partial charge in [-0.2, -0.15) is 5.10 Å². The molecule has 0 unspecified atom stereocenters. The van der Waals surface area contributed by atoms with Crippen molar-refractivity contribution in [3.05, 3.63) is 58.9 Å². The summed E-state index contributed by atoms with van der Waals surface area (Å²) < 4.78 is 1.90. The van der Waals surface area contributed by atoms with Gasteiger partial charge in [0.2, 0.25) is 0 Å². The molecule has 0 aliphatic carbocycles. The highest BCUT2D eigenvalue weighted by Crippen LogP contribution is 2.31. The van der Waals surface area contributed by atoms with Crippen LogP contribution in [0, 0.1) is 0 Å². The molecule has 1 saturated heterocycles. The number of fused-ring (bicyclic) bond motifs is 1. The molecule has 5 heteroatoms. The van der Waals surface area contributed by atoms with Gasteiger partial charge in [-0.1, -0.05) is 29.8 Å². The van der Waals surface area contributed by atoms with Crippen LogP contribution in [0.5, 0.6) is 0 Å². The molecule has 0 spiro atoms. The summed E-state index contributed by atoms with van der Waals surface area (Å²) in [5.74, 6) is 0.453. The van der Waals surface area contributed by atoms with Crippen molar-refractivity contribution in [2.24, 2.45) is 7.05 Å². The molecule has 4 nitrogen and oxygen atoms in total. The number of benzene rings is 1. The number of nitrogens with zero attached hydrogens (tertiary/aromatic N) is 4. The van der Waals surface area contributed by atoms with E-state index in [9.17, 15) is 0 Å². The van der Waals surface area contributed by atoms with Gasteiger partial charge < -0.3 is 0 Å². The maximum absolute atomic E-state index is 6.33. The van der Waals surface area contributed by atoms with E-state index in [1.165, 1.54) is 29.5 Å². The summed E-state index contributed by atoms with van der Waals surface area (Å²) in [5, 5.41) is 6.81. The first-order valence-corrected chi connectivity index (χ1v) is 8.83. The lowest BCUT2D eigenvalue weighted by molar-refractivity contribution is 0.198. The van der Waals surface area contributed by atoms with E-state index < -0.39 is 0 Å². The molecule has 124 valence electrons. The number of hydrogen-bond donors (Lipinski definition) is 0. The third-order valence-corrected chi connectivity index (χ3v) is 5.24. The number of likely N-dealkylation sites (tertiary alicyclic amines) is 1. The van der Waals surface area contributed by atoms with Crippen LogP contribution in [0.1, 0.15) is 30.0 Å². The quantitative estimate of drug-likeness (QED) is 0.722. The lowest BCUT2D eigenvalue weighted by atomic mass is 9.93. The number of aromatic nitrogens is 3. The molecule has 3 heterocycles. The molecule has 1 aromatic carbocycles. The molecule has 1 aliphatic heterocycles. The molecule has 0 saturated carbocycles. The summed E-state index contributed by atoms with van der Waals surface area (Å²) in [4.78, 5) is 6.96. The van der Waals surface area contributed by atoms with Gasteiger partial charge >= 0.3 is 0 Å². The predicted octanol–water partition coefficient (Wildman–Crippen LogP) is 4.00. The second-order valence-electron chi connectivity index (χ2n) is 6.55. The maximum Gasteiger partial charge on any atom is 0.157 e. The van der Waals surface area contributed by atoms with Crippen LogP contribution in [0.3, 0.4) is 0 Å². The zero-order valence-electron chi connectivity index (χ0n) is 13.8. The van der Waals surface area contributed by atoms with Crippen LogP contribution in [-0.2, 0) is 13.6 Å². The Balaban J connectivity index is 1.57. The van der Waals surface area contributed by atoms with Gasteiger partial charge in [0.15, 0.2) is 5.65 Å². The Hall–Kier alpha value is -1.91. The fraction of sp³-hybridized carbons (Fsp3) is 0.368. The Labute approximate surface area is 147 Å². The third kappa shape index (κ3) is 2.92. The molecule has 0 amide bonds. The van der Waals surface area contributed by atoms with E-state index >= 15 is 0 Å². The van der Waals surface area contributed by atoms with Gasteiger partial charge in [0, 0.05) is 42.7 Å². The first kappa shape index (κ1) is 15.6. The Kier molecular flexibility index (Phi) is 4.25. The van der Waals surface area contributed by atoms with Gasteiger partial charge in [-0.15, -0.1) is 0 Å². The molecule has 1 aliphatic rings. The van der Waals surface area contributed by atoms with E-state index in [1.54, 1.807) is 0 Å². The summed E-state index contributed by atoms with van der Waals surface area (Å²) in [7, 11) is 1.98. The van der Waals surface area contributed by atoms with Crippen LogP contribution in [0.25, 0.3) is 11.0 Å². The molecule has 3 aromatic rings. The zero-order chi connectivity index (χ0) is 16.5. The van der Waals surface area contributed by atoms with Crippen LogP contribution in [0.4, 0.5) is 0 Å². The Morgan fingerprint density at radius 3 is 2.96 bits per heavy atom. The van der Waals surface area contributed by atoms with Gasteiger partial charge in [-0.25, -0.2) is 4.98 Å². The number of aryl methyl sites for hydroxylation is 1. The van der Waals surface area contributed by atoms with Crippen molar-refractivity contribution >= 4 is 22.6 Å². The molecule has 24 heavy (non-hydrogen) atoms. The number of pyridine rings is 1. The maximum atomic E-state index is 6.33. The van der Waals surface area contributed by atoms with E-state index in [2.05, 4.69) is 28.1 Å². The number of halogens is 1. The first-order chi connectivity index (χ1) is 11.7. The summed E-state index contributed by atoms with van der Waals surface area (Å²) in [6.07, 6.45) is 4.20. The van der Waals surface area contributed by atoms with Gasteiger partial charge in [-0.05, 0) is 43.1 Å². The lowest BCUT2D eigenvalue weighted by Gasteiger charge is -2.32. The van der Waals surface area contributed by atoms with Crippen molar-refractivity contribution in [1.82, 2.24) is 19.7 Å². The molecule has 1 fully saturated rings. The average molecular weight is 341 g/mol. The van der Waals surface area contributed by atoms with E-state index in [0.717, 1.165) is 30.3 Å². The highest BCUT2D eigenvalue weighted by Gasteiger charge is 2.26. The number of rotatable bonds is 3. The second-order valence-corrected chi connectivity index (χ2v) is 6.96. The highest BCUT2D eigenvalue weighted by molar-refractivity contribution is 6.31. The predicted molar refractivity (Wildman–Crippen MR) is 97.2 cm³/mol. The minimum atomic E-state index is 0.453. The van der Waals surface area contributed by atoms with Crippen molar-refractivity contribution in [3.8, 4) is 0 Å². The van der Waals surface area contributed by atoms with Gasteiger partial charge in [0.25, 0.3) is 0 Å². The standard InChI is InChI=1S/C19H21ClN4/c1-23-19-16(8-4-10-21-19)18(22-23)15-7-5-11-24(13-15)12-14-6-2-3-9-17(14)20/h2-4,6,8-10,15H,5,7,11-13H2,1H3/t15-/m0/s1. The Morgan fingerprint density at radius 2 is 2.08 bits per heavy atom. The normalized spacial score (nSPS) is 19.0. The van der Waals surface area contributed by atoms with Crippen LogP contribution in [0.15, 0.2) is 42.6 Å². The SMILES string of the molecule is Cn1nc([C@H]2CCCN(Cc3ccccc3Cl)C2)c2cccnc21. The number of piperidine rings is 1. The van der Waals surface area contributed by atoms with Crippen molar-refractivity contribution in [2.75, 3.05) is 13.1 Å². The summed E-state index contributed by atoms with van der Waals surface area (Å²) >= 11 is 6.33. The van der Waals surface area contributed by atoms with Crippen molar-refractivity contribution in [1.29, 1.82) is 0 Å². The van der Waals surface area contributed by atoms with Crippen LogP contribution >= 0.6 is 11.6 Å². The van der Waals surface area contributed by atoms with Crippen LogP contribution in [-0.4, -0.2) is 32.8 Å². The largest absolute Gasteiger partial charge is 0.298 e. The fourth-order valence-electron chi connectivity index (χ4n) is 3.71. The van der Waals surface area contributed by atoms with E-state index in [0.29, 0.717) is 5.92 Å². The topological polar surface area (TPSA) is 34.0 Å². The molecule has 4 rings (SSSR count). The molecular formula is C19H21ClN4. The van der Waals surface area contributed by atoms with Crippen molar-refractivity contribution < 1.29 is 0 Å². The minimum Gasteiger partial charge on any atom is -0.298 e. The molecule has 2 aromatic heterocycles. The highest BCUT2D eigenvalue weighted by atomic mass is 35.5. The zero-order valence-corrected chi connectivity index (χ0v) is 14.6. The fourth-order valence-corrected chi connectivity index (χ4v) is 3.90. The smallest absolute Gasteiger partial charge is 0.157 e. The van der Waals surface area contributed by atoms with E-state index in [1.807, 2.05) is 36.1 Å². The van der Waals surface area contributed by atoms with Crippen molar-refractivity contribution in [3.63, 3.8) is 0 Å².